The van der Waals surface area contributed by atoms with Gasteiger partial charge in [-0.25, -0.2) is 0 Å². The molecule has 92 valence electrons. The highest BCUT2D eigenvalue weighted by Gasteiger charge is 2.16. The van der Waals surface area contributed by atoms with E-state index in [2.05, 4.69) is 5.32 Å². The van der Waals surface area contributed by atoms with Crippen molar-refractivity contribution in [3.63, 3.8) is 0 Å². The SMILES string of the molecule is NC(=O)CC(N)C(=O)Nc1ccc(Cl)cc1Cl. The summed E-state index contributed by atoms with van der Waals surface area (Å²) in [6, 6.07) is 3.60. The van der Waals surface area contributed by atoms with E-state index in [0.29, 0.717) is 10.7 Å². The number of anilines is 1. The Morgan fingerprint density at radius 3 is 2.53 bits per heavy atom. The Balaban J connectivity index is 2.71. The number of carbonyl (C=O) groups is 2. The van der Waals surface area contributed by atoms with Crippen molar-refractivity contribution in [3.8, 4) is 0 Å². The molecule has 0 spiro atoms. The molecule has 0 aliphatic carbocycles. The molecule has 0 heterocycles. The lowest BCUT2D eigenvalue weighted by Crippen LogP contribution is -2.39. The number of nitrogens with two attached hydrogens (primary N) is 2. The molecule has 1 atom stereocenters. The fourth-order valence-electron chi connectivity index (χ4n) is 1.13. The van der Waals surface area contributed by atoms with Gasteiger partial charge < -0.3 is 16.8 Å². The molecule has 0 fully saturated rings. The average Bonchev–Trinajstić information content (AvgIpc) is 2.21. The van der Waals surface area contributed by atoms with Gasteiger partial charge in [-0.3, -0.25) is 9.59 Å². The van der Waals surface area contributed by atoms with Gasteiger partial charge in [0.15, 0.2) is 0 Å². The molecule has 1 aromatic rings. The van der Waals surface area contributed by atoms with E-state index in [4.69, 9.17) is 34.7 Å². The van der Waals surface area contributed by atoms with Crippen LogP contribution in [0.2, 0.25) is 10.0 Å². The smallest absolute Gasteiger partial charge is 0.241 e. The summed E-state index contributed by atoms with van der Waals surface area (Å²) in [4.78, 5) is 22.1. The van der Waals surface area contributed by atoms with Gasteiger partial charge in [-0.1, -0.05) is 23.2 Å². The van der Waals surface area contributed by atoms with Gasteiger partial charge in [-0.2, -0.15) is 0 Å². The van der Waals surface area contributed by atoms with Crippen molar-refractivity contribution in [2.75, 3.05) is 5.32 Å². The quantitative estimate of drug-likeness (QED) is 0.768. The molecule has 2 amide bonds. The Labute approximate surface area is 108 Å². The Morgan fingerprint density at radius 1 is 1.35 bits per heavy atom. The molecule has 0 saturated heterocycles. The van der Waals surface area contributed by atoms with E-state index in [9.17, 15) is 9.59 Å². The monoisotopic (exact) mass is 275 g/mol. The van der Waals surface area contributed by atoms with Crippen molar-refractivity contribution in [2.45, 2.75) is 12.5 Å². The fraction of sp³-hybridized carbons (Fsp3) is 0.200. The zero-order chi connectivity index (χ0) is 13.0. The predicted octanol–water partition coefficient (Wildman–Crippen LogP) is 1.13. The van der Waals surface area contributed by atoms with Crippen LogP contribution in [0.3, 0.4) is 0 Å². The maximum atomic E-state index is 11.5. The van der Waals surface area contributed by atoms with Crippen LogP contribution in [0.1, 0.15) is 6.42 Å². The summed E-state index contributed by atoms with van der Waals surface area (Å²) < 4.78 is 0. The van der Waals surface area contributed by atoms with E-state index in [1.807, 2.05) is 0 Å². The predicted molar refractivity (Wildman–Crippen MR) is 66.9 cm³/mol. The van der Waals surface area contributed by atoms with Crippen LogP contribution in [0.25, 0.3) is 0 Å². The lowest BCUT2D eigenvalue weighted by atomic mass is 10.2. The number of primary amides is 1. The molecular weight excluding hydrogens is 265 g/mol. The van der Waals surface area contributed by atoms with Crippen molar-refractivity contribution < 1.29 is 9.59 Å². The van der Waals surface area contributed by atoms with E-state index in [1.165, 1.54) is 6.07 Å². The molecule has 0 saturated carbocycles. The standard InChI is InChI=1S/C10H11Cl2N3O2/c11-5-1-2-8(6(12)3-5)15-10(17)7(13)4-9(14)16/h1-3,7H,4,13H2,(H2,14,16)(H,15,17). The molecule has 0 aliphatic heterocycles. The van der Waals surface area contributed by atoms with Crippen molar-refractivity contribution >= 4 is 40.7 Å². The first-order valence-electron chi connectivity index (χ1n) is 4.70. The topological polar surface area (TPSA) is 98.2 Å². The zero-order valence-corrected chi connectivity index (χ0v) is 10.3. The molecule has 0 aromatic heterocycles. The van der Waals surface area contributed by atoms with E-state index in [-0.39, 0.29) is 11.4 Å². The van der Waals surface area contributed by atoms with Crippen molar-refractivity contribution in [1.82, 2.24) is 0 Å². The minimum absolute atomic E-state index is 0.225. The molecule has 5 N–H and O–H groups in total. The van der Waals surface area contributed by atoms with E-state index >= 15 is 0 Å². The molecule has 0 bridgehead atoms. The molecule has 7 heteroatoms. The van der Waals surface area contributed by atoms with Crippen molar-refractivity contribution in [3.05, 3.63) is 28.2 Å². The van der Waals surface area contributed by atoms with Crippen LogP contribution < -0.4 is 16.8 Å². The van der Waals surface area contributed by atoms with Gasteiger partial charge in [0.2, 0.25) is 11.8 Å². The Morgan fingerprint density at radius 2 is 2.00 bits per heavy atom. The second-order valence-electron chi connectivity index (χ2n) is 3.39. The van der Waals surface area contributed by atoms with E-state index in [0.717, 1.165) is 0 Å². The molecule has 17 heavy (non-hydrogen) atoms. The average molecular weight is 276 g/mol. The van der Waals surface area contributed by atoms with Gasteiger partial charge in [-0.05, 0) is 18.2 Å². The number of carbonyl (C=O) groups excluding carboxylic acids is 2. The largest absolute Gasteiger partial charge is 0.370 e. The van der Waals surface area contributed by atoms with Crippen LogP contribution >= 0.6 is 23.2 Å². The molecule has 1 rings (SSSR count). The third-order valence-electron chi connectivity index (χ3n) is 1.95. The van der Waals surface area contributed by atoms with E-state index < -0.39 is 17.9 Å². The van der Waals surface area contributed by atoms with Crippen LogP contribution in [0.4, 0.5) is 5.69 Å². The zero-order valence-electron chi connectivity index (χ0n) is 8.74. The summed E-state index contributed by atoms with van der Waals surface area (Å²) >= 11 is 11.6. The highest BCUT2D eigenvalue weighted by molar-refractivity contribution is 6.36. The third kappa shape index (κ3) is 4.22. The number of nitrogens with one attached hydrogen (secondary N) is 1. The lowest BCUT2D eigenvalue weighted by molar-refractivity contribution is -0.123. The molecule has 1 unspecified atom stereocenters. The minimum Gasteiger partial charge on any atom is -0.370 e. The Hall–Kier alpha value is -1.30. The lowest BCUT2D eigenvalue weighted by Gasteiger charge is -2.11. The normalized spacial score (nSPS) is 11.9. The summed E-state index contributed by atoms with van der Waals surface area (Å²) in [5.74, 6) is -1.18. The first-order valence-corrected chi connectivity index (χ1v) is 5.45. The first-order chi connectivity index (χ1) is 7.90. The van der Waals surface area contributed by atoms with Crippen LogP contribution in [-0.4, -0.2) is 17.9 Å². The highest BCUT2D eigenvalue weighted by atomic mass is 35.5. The van der Waals surface area contributed by atoms with Crippen molar-refractivity contribution in [1.29, 1.82) is 0 Å². The molecule has 5 nitrogen and oxygen atoms in total. The Bertz CT molecular complexity index is 451. The van der Waals surface area contributed by atoms with Crippen LogP contribution in [0.15, 0.2) is 18.2 Å². The van der Waals surface area contributed by atoms with Gasteiger partial charge in [0, 0.05) is 5.02 Å². The summed E-state index contributed by atoms with van der Waals surface area (Å²) in [6.07, 6.45) is -0.225. The van der Waals surface area contributed by atoms with Crippen LogP contribution in [-0.2, 0) is 9.59 Å². The second kappa shape index (κ2) is 5.86. The fourth-order valence-corrected chi connectivity index (χ4v) is 1.58. The Kier molecular flexibility index (Phi) is 4.74. The maximum Gasteiger partial charge on any atom is 0.241 e. The molecular formula is C10H11Cl2N3O2. The van der Waals surface area contributed by atoms with Gasteiger partial charge in [0.25, 0.3) is 0 Å². The van der Waals surface area contributed by atoms with Gasteiger partial charge in [-0.15, -0.1) is 0 Å². The van der Waals surface area contributed by atoms with Gasteiger partial charge in [0.05, 0.1) is 23.2 Å². The van der Waals surface area contributed by atoms with Crippen LogP contribution in [0.5, 0.6) is 0 Å². The number of halogens is 2. The number of rotatable bonds is 4. The second-order valence-corrected chi connectivity index (χ2v) is 4.23. The van der Waals surface area contributed by atoms with Gasteiger partial charge in [0.1, 0.15) is 0 Å². The van der Waals surface area contributed by atoms with Crippen LogP contribution in [0, 0.1) is 0 Å². The third-order valence-corrected chi connectivity index (χ3v) is 2.49. The molecule has 0 aliphatic rings. The number of hydrogen-bond acceptors (Lipinski definition) is 3. The van der Waals surface area contributed by atoms with E-state index in [1.54, 1.807) is 12.1 Å². The number of amides is 2. The highest BCUT2D eigenvalue weighted by Crippen LogP contribution is 2.25. The van der Waals surface area contributed by atoms with Gasteiger partial charge >= 0.3 is 0 Å². The minimum atomic E-state index is -1.00. The summed E-state index contributed by atoms with van der Waals surface area (Å²) in [5.41, 5.74) is 10.8. The summed E-state index contributed by atoms with van der Waals surface area (Å²) in [6.45, 7) is 0. The maximum absolute atomic E-state index is 11.5. The van der Waals surface area contributed by atoms with Crippen molar-refractivity contribution in [2.24, 2.45) is 11.5 Å². The number of benzene rings is 1. The summed E-state index contributed by atoms with van der Waals surface area (Å²) in [5, 5.41) is 3.22. The molecule has 0 radical (unpaired) electrons. The molecule has 1 aromatic carbocycles. The number of hydrogen-bond donors (Lipinski definition) is 3. The summed E-state index contributed by atoms with van der Waals surface area (Å²) in [7, 11) is 0. The first kappa shape index (κ1) is 13.8.